The molecule has 2 saturated heterocycles. The average molecular weight is 441 g/mol. The Labute approximate surface area is 183 Å². The van der Waals surface area contributed by atoms with Crippen molar-refractivity contribution in [2.24, 2.45) is 0 Å². The molecule has 2 fully saturated rings. The third-order valence-electron chi connectivity index (χ3n) is 6.03. The minimum atomic E-state index is -0.256. The predicted octanol–water partition coefficient (Wildman–Crippen LogP) is 2.63. The largest absolute Gasteiger partial charge is 0.396 e. The van der Waals surface area contributed by atoms with Crippen molar-refractivity contribution in [3.05, 3.63) is 46.3 Å². The summed E-state index contributed by atoms with van der Waals surface area (Å²) in [6.07, 6.45) is 4.50. The second-order valence-electron chi connectivity index (χ2n) is 8.34. The molecule has 5 rings (SSSR count). The van der Waals surface area contributed by atoms with Gasteiger partial charge in [-0.05, 0) is 43.9 Å². The highest BCUT2D eigenvalue weighted by Crippen LogP contribution is 2.31. The fourth-order valence-electron chi connectivity index (χ4n) is 4.50. The van der Waals surface area contributed by atoms with Gasteiger partial charge < -0.3 is 21.3 Å². The molecule has 9 heteroatoms. The molecule has 1 amide bonds. The highest BCUT2D eigenvalue weighted by atomic mass is 32.1. The number of fused-ring (bicyclic) bond motifs is 3. The molecular formula is C22H25FN6OS. The Morgan fingerprint density at radius 2 is 2.13 bits per heavy atom. The van der Waals surface area contributed by atoms with Gasteiger partial charge in [-0.25, -0.2) is 14.4 Å². The number of benzene rings is 1. The van der Waals surface area contributed by atoms with Crippen LogP contribution in [0.2, 0.25) is 0 Å². The van der Waals surface area contributed by atoms with E-state index in [1.165, 1.54) is 11.3 Å². The van der Waals surface area contributed by atoms with Crippen molar-refractivity contribution in [2.75, 3.05) is 30.3 Å². The van der Waals surface area contributed by atoms with E-state index in [0.29, 0.717) is 51.6 Å². The smallest absolute Gasteiger partial charge is 0.263 e. The molecule has 1 aromatic carbocycles. The van der Waals surface area contributed by atoms with E-state index in [4.69, 9.17) is 5.73 Å². The molecule has 0 saturated carbocycles. The number of thiophene rings is 1. The van der Waals surface area contributed by atoms with Crippen molar-refractivity contribution >= 4 is 39.0 Å². The molecule has 0 aliphatic carbocycles. The van der Waals surface area contributed by atoms with Crippen LogP contribution in [0.5, 0.6) is 0 Å². The zero-order chi connectivity index (χ0) is 21.5. The van der Waals surface area contributed by atoms with Gasteiger partial charge in [0.1, 0.15) is 21.0 Å². The van der Waals surface area contributed by atoms with Crippen molar-refractivity contribution < 1.29 is 9.18 Å². The maximum absolute atomic E-state index is 14.8. The number of nitrogens with one attached hydrogen (secondary N) is 2. The molecule has 162 valence electrons. The minimum Gasteiger partial charge on any atom is -0.396 e. The standard InChI is InChI=1S/C22H25FN6OS/c1-12-9-26-19-18(24)20(31-22(19)27-12)21(30)25-7-6-13-2-5-17(16(23)8-13)29-10-14-3-4-15(11-29)28-14/h2,5,8-9,14-15,28H,3-4,6-7,10-11,24H2,1H3,(H,25,30). The summed E-state index contributed by atoms with van der Waals surface area (Å²) in [5.74, 6) is -0.459. The average Bonchev–Trinajstić information content (AvgIpc) is 3.26. The highest BCUT2D eigenvalue weighted by molar-refractivity contribution is 7.21. The maximum atomic E-state index is 14.8. The van der Waals surface area contributed by atoms with Gasteiger partial charge in [0, 0.05) is 37.9 Å². The summed E-state index contributed by atoms with van der Waals surface area (Å²) < 4.78 is 14.8. The molecule has 0 spiro atoms. The van der Waals surface area contributed by atoms with Gasteiger partial charge in [0.25, 0.3) is 5.91 Å². The second kappa shape index (κ2) is 8.05. The summed E-state index contributed by atoms with van der Waals surface area (Å²) in [4.78, 5) is 24.5. The third kappa shape index (κ3) is 3.95. The third-order valence-corrected chi connectivity index (χ3v) is 7.12. The van der Waals surface area contributed by atoms with Gasteiger partial charge in [0.05, 0.1) is 17.1 Å². The zero-order valence-electron chi connectivity index (χ0n) is 17.3. The molecule has 2 unspecified atom stereocenters. The van der Waals surface area contributed by atoms with Crippen LogP contribution in [0.15, 0.2) is 24.4 Å². The van der Waals surface area contributed by atoms with Crippen LogP contribution in [0.25, 0.3) is 10.3 Å². The van der Waals surface area contributed by atoms with Gasteiger partial charge in [-0.3, -0.25) is 4.79 Å². The van der Waals surface area contributed by atoms with E-state index in [2.05, 4.69) is 25.5 Å². The normalized spacial score (nSPS) is 20.4. The number of nitrogen functional groups attached to an aromatic ring is 1. The van der Waals surface area contributed by atoms with Crippen LogP contribution in [0, 0.1) is 12.7 Å². The lowest BCUT2D eigenvalue weighted by molar-refractivity contribution is 0.0959. The molecule has 2 atom stereocenters. The van der Waals surface area contributed by atoms with E-state index in [1.807, 2.05) is 19.1 Å². The maximum Gasteiger partial charge on any atom is 0.263 e. The fraction of sp³-hybridized carbons (Fsp3) is 0.409. The van der Waals surface area contributed by atoms with Crippen LogP contribution in [-0.4, -0.2) is 47.6 Å². The van der Waals surface area contributed by atoms with Crippen molar-refractivity contribution in [2.45, 2.75) is 38.3 Å². The van der Waals surface area contributed by atoms with Crippen LogP contribution in [-0.2, 0) is 6.42 Å². The number of carbonyl (C=O) groups is 1. The number of nitrogens with two attached hydrogens (primary N) is 1. The van der Waals surface area contributed by atoms with E-state index in [1.54, 1.807) is 12.3 Å². The summed E-state index contributed by atoms with van der Waals surface area (Å²) in [7, 11) is 0. The molecular weight excluding hydrogens is 415 g/mol. The first-order valence-corrected chi connectivity index (χ1v) is 11.4. The first-order valence-electron chi connectivity index (χ1n) is 10.6. The van der Waals surface area contributed by atoms with E-state index in [9.17, 15) is 9.18 Å². The number of nitrogens with zero attached hydrogens (tertiary/aromatic N) is 3. The van der Waals surface area contributed by atoms with Crippen LogP contribution in [0.3, 0.4) is 0 Å². The van der Waals surface area contributed by atoms with Gasteiger partial charge in [-0.15, -0.1) is 11.3 Å². The summed E-state index contributed by atoms with van der Waals surface area (Å²) in [5.41, 5.74) is 9.29. The van der Waals surface area contributed by atoms with E-state index >= 15 is 0 Å². The van der Waals surface area contributed by atoms with Crippen LogP contribution in [0.4, 0.5) is 15.8 Å². The molecule has 4 N–H and O–H groups in total. The van der Waals surface area contributed by atoms with E-state index < -0.39 is 0 Å². The van der Waals surface area contributed by atoms with Crippen LogP contribution < -0.4 is 21.3 Å². The SMILES string of the molecule is Cc1cnc2c(N)c(C(=O)NCCc3ccc(N4CC5CCC(C4)N5)c(F)c3)sc2n1. The Balaban J connectivity index is 1.21. The van der Waals surface area contributed by atoms with Crippen molar-refractivity contribution in [1.82, 2.24) is 20.6 Å². The molecule has 31 heavy (non-hydrogen) atoms. The Hall–Kier alpha value is -2.78. The number of aromatic nitrogens is 2. The van der Waals surface area contributed by atoms with E-state index in [-0.39, 0.29) is 11.7 Å². The summed E-state index contributed by atoms with van der Waals surface area (Å²) in [6.45, 7) is 3.94. The Morgan fingerprint density at radius 1 is 1.35 bits per heavy atom. The first-order chi connectivity index (χ1) is 15.0. The summed E-state index contributed by atoms with van der Waals surface area (Å²) >= 11 is 1.24. The highest BCUT2D eigenvalue weighted by Gasteiger charge is 2.33. The van der Waals surface area contributed by atoms with Gasteiger partial charge in [0.2, 0.25) is 0 Å². The van der Waals surface area contributed by atoms with Gasteiger partial charge >= 0.3 is 0 Å². The quantitative estimate of drug-likeness (QED) is 0.565. The molecule has 2 aliphatic rings. The molecule has 0 radical (unpaired) electrons. The number of anilines is 2. The van der Waals surface area contributed by atoms with E-state index in [0.717, 1.165) is 37.2 Å². The lowest BCUT2D eigenvalue weighted by Gasteiger charge is -2.34. The monoisotopic (exact) mass is 440 g/mol. The molecule has 2 aromatic heterocycles. The number of hydrogen-bond acceptors (Lipinski definition) is 7. The van der Waals surface area contributed by atoms with Gasteiger partial charge in [-0.1, -0.05) is 6.07 Å². The van der Waals surface area contributed by atoms with Crippen molar-refractivity contribution in [3.8, 4) is 0 Å². The summed E-state index contributed by atoms with van der Waals surface area (Å²) in [5, 5.41) is 6.44. The topological polar surface area (TPSA) is 96.2 Å². The van der Waals surface area contributed by atoms with Gasteiger partial charge in [0.15, 0.2) is 0 Å². The number of piperazine rings is 1. The number of carbonyl (C=O) groups excluding carboxylic acids is 1. The Morgan fingerprint density at radius 3 is 2.87 bits per heavy atom. The van der Waals surface area contributed by atoms with Crippen LogP contribution in [0.1, 0.15) is 33.8 Å². The minimum absolute atomic E-state index is 0.202. The van der Waals surface area contributed by atoms with Gasteiger partial charge in [-0.2, -0.15) is 0 Å². The molecule has 4 heterocycles. The van der Waals surface area contributed by atoms with Crippen LogP contribution >= 0.6 is 11.3 Å². The van der Waals surface area contributed by atoms with Crippen molar-refractivity contribution in [1.29, 1.82) is 0 Å². The number of aryl methyl sites for hydroxylation is 1. The molecule has 2 bridgehead atoms. The Kier molecular flexibility index (Phi) is 5.23. The lowest BCUT2D eigenvalue weighted by Crippen LogP contribution is -2.51. The number of hydrogen-bond donors (Lipinski definition) is 3. The fourth-order valence-corrected chi connectivity index (χ4v) is 5.51. The number of halogens is 1. The Bertz CT molecular complexity index is 1140. The van der Waals surface area contributed by atoms with Crippen molar-refractivity contribution in [3.63, 3.8) is 0 Å². The number of amides is 1. The number of rotatable bonds is 5. The molecule has 2 aliphatic heterocycles. The zero-order valence-corrected chi connectivity index (χ0v) is 18.1. The first kappa shape index (κ1) is 20.1. The second-order valence-corrected chi connectivity index (χ2v) is 9.34. The predicted molar refractivity (Wildman–Crippen MR) is 121 cm³/mol. The summed E-state index contributed by atoms with van der Waals surface area (Å²) in [6, 6.07) is 6.31. The lowest BCUT2D eigenvalue weighted by atomic mass is 10.1. The molecule has 7 nitrogen and oxygen atoms in total. The molecule has 3 aromatic rings.